The number of hydrogen-bond acceptors (Lipinski definition) is 4. The van der Waals surface area contributed by atoms with Crippen molar-refractivity contribution in [3.63, 3.8) is 0 Å². The van der Waals surface area contributed by atoms with Gasteiger partial charge in [0, 0.05) is 37.0 Å². The van der Waals surface area contributed by atoms with Gasteiger partial charge in [0.25, 0.3) is 10.0 Å². The predicted octanol–water partition coefficient (Wildman–Crippen LogP) is 2.95. The average Bonchev–Trinajstić information content (AvgIpc) is 2.94. The van der Waals surface area contributed by atoms with E-state index in [0.717, 1.165) is 17.7 Å². The molecular formula is C18H32N4O2S2. The molecule has 0 aromatic carbocycles. The van der Waals surface area contributed by atoms with Crippen molar-refractivity contribution in [3.05, 3.63) is 17.0 Å². The van der Waals surface area contributed by atoms with E-state index >= 15 is 0 Å². The van der Waals surface area contributed by atoms with Crippen molar-refractivity contribution >= 4 is 27.3 Å². The Kier molecular flexibility index (Phi) is 8.37. The lowest BCUT2D eigenvalue weighted by Crippen LogP contribution is -2.39. The van der Waals surface area contributed by atoms with Gasteiger partial charge in [-0.15, -0.1) is 11.3 Å². The van der Waals surface area contributed by atoms with E-state index in [-0.39, 0.29) is 0 Å². The fraction of sp³-hybridized carbons (Fsp3) is 0.722. The highest BCUT2D eigenvalue weighted by atomic mass is 32.2. The fourth-order valence-electron chi connectivity index (χ4n) is 3.29. The molecule has 2 rings (SSSR count). The third-order valence-corrected chi connectivity index (χ3v) is 8.45. The van der Waals surface area contributed by atoms with Crippen molar-refractivity contribution in [2.75, 3.05) is 19.6 Å². The van der Waals surface area contributed by atoms with E-state index < -0.39 is 10.0 Å². The van der Waals surface area contributed by atoms with Gasteiger partial charge in [-0.2, -0.15) is 4.31 Å². The number of nitrogens with one attached hydrogen (secondary N) is 1. The Morgan fingerprint density at radius 2 is 1.88 bits per heavy atom. The third-order valence-electron chi connectivity index (χ3n) is 4.78. The van der Waals surface area contributed by atoms with Gasteiger partial charge in [0.05, 0.1) is 0 Å². The summed E-state index contributed by atoms with van der Waals surface area (Å²) in [5.41, 5.74) is 6.01. The van der Waals surface area contributed by atoms with E-state index in [0.29, 0.717) is 42.3 Å². The normalized spacial score (nSPS) is 17.4. The van der Waals surface area contributed by atoms with Crippen LogP contribution in [0.4, 0.5) is 0 Å². The van der Waals surface area contributed by atoms with Crippen LogP contribution in [0.5, 0.6) is 0 Å². The Bertz CT molecular complexity index is 673. The van der Waals surface area contributed by atoms with E-state index in [9.17, 15) is 8.42 Å². The molecule has 148 valence electrons. The van der Waals surface area contributed by atoms with Crippen LogP contribution < -0.4 is 11.1 Å². The van der Waals surface area contributed by atoms with Crippen LogP contribution in [-0.2, 0) is 16.4 Å². The molecule has 0 radical (unpaired) electrons. The Morgan fingerprint density at radius 3 is 2.50 bits per heavy atom. The standard InChI is InChI=1S/C18H32N4O2S2/c1-3-22(4-2)26(23,24)17-12-11-16(25-17)13-14-20-18(19)21-15-9-7-5-6-8-10-15/h11-12,15H,3-10,13-14H2,1-2H3,(H3,19,20,21). The summed E-state index contributed by atoms with van der Waals surface area (Å²) in [6, 6.07) is 4.02. The van der Waals surface area contributed by atoms with Crippen molar-refractivity contribution in [3.8, 4) is 0 Å². The minimum atomic E-state index is -3.37. The molecule has 1 aliphatic rings. The summed E-state index contributed by atoms with van der Waals surface area (Å²) >= 11 is 1.33. The summed E-state index contributed by atoms with van der Waals surface area (Å²) in [5, 5.41) is 3.33. The molecule has 26 heavy (non-hydrogen) atoms. The minimum absolute atomic E-state index is 0.407. The number of hydrogen-bond donors (Lipinski definition) is 2. The Hall–Kier alpha value is -1.12. The molecule has 1 fully saturated rings. The van der Waals surface area contributed by atoms with E-state index in [2.05, 4.69) is 10.3 Å². The van der Waals surface area contributed by atoms with Gasteiger partial charge in [0.15, 0.2) is 5.96 Å². The SMILES string of the molecule is CCN(CC)S(=O)(=O)c1ccc(CCN=C(N)NC2CCCCCC2)s1. The summed E-state index contributed by atoms with van der Waals surface area (Å²) in [6.45, 7) is 5.25. The molecule has 1 aromatic heterocycles. The summed E-state index contributed by atoms with van der Waals surface area (Å²) in [4.78, 5) is 5.43. The number of guanidine groups is 1. The second-order valence-corrected chi connectivity index (χ2v) is 9.99. The highest BCUT2D eigenvalue weighted by Gasteiger charge is 2.23. The van der Waals surface area contributed by atoms with Crippen LogP contribution in [0.25, 0.3) is 0 Å². The zero-order valence-corrected chi connectivity index (χ0v) is 17.5. The molecule has 0 bridgehead atoms. The first-order valence-electron chi connectivity index (χ1n) is 9.62. The first-order valence-corrected chi connectivity index (χ1v) is 11.9. The van der Waals surface area contributed by atoms with E-state index in [1.54, 1.807) is 6.07 Å². The Morgan fingerprint density at radius 1 is 1.23 bits per heavy atom. The van der Waals surface area contributed by atoms with E-state index in [1.165, 1.54) is 41.3 Å². The maximum atomic E-state index is 12.5. The lowest BCUT2D eigenvalue weighted by Gasteiger charge is -2.16. The summed E-state index contributed by atoms with van der Waals surface area (Å²) in [6.07, 6.45) is 8.15. The molecule has 0 unspecified atom stereocenters. The lowest BCUT2D eigenvalue weighted by atomic mass is 10.1. The maximum absolute atomic E-state index is 12.5. The summed E-state index contributed by atoms with van der Waals surface area (Å²) < 4.78 is 26.9. The first-order chi connectivity index (χ1) is 12.5. The Balaban J connectivity index is 1.87. The largest absolute Gasteiger partial charge is 0.370 e. The zero-order chi connectivity index (χ0) is 19.0. The third kappa shape index (κ3) is 5.96. The molecule has 6 nitrogen and oxygen atoms in total. The second kappa shape index (κ2) is 10.3. The molecule has 8 heteroatoms. The quantitative estimate of drug-likeness (QED) is 0.399. The fourth-order valence-corrected chi connectivity index (χ4v) is 6.24. The molecule has 1 saturated carbocycles. The van der Waals surface area contributed by atoms with Crippen LogP contribution in [-0.4, -0.2) is 44.4 Å². The highest BCUT2D eigenvalue weighted by Crippen LogP contribution is 2.25. The molecule has 3 N–H and O–H groups in total. The molecule has 1 aliphatic carbocycles. The predicted molar refractivity (Wildman–Crippen MR) is 109 cm³/mol. The van der Waals surface area contributed by atoms with Crippen molar-refractivity contribution in [2.45, 2.75) is 69.0 Å². The molecule has 1 aromatic rings. The number of aliphatic imine (C=N–C) groups is 1. The number of rotatable bonds is 8. The van der Waals surface area contributed by atoms with Gasteiger partial charge >= 0.3 is 0 Å². The molecular weight excluding hydrogens is 368 g/mol. The molecule has 0 spiro atoms. The molecule has 0 amide bonds. The van der Waals surface area contributed by atoms with Gasteiger partial charge in [-0.05, 0) is 25.0 Å². The van der Waals surface area contributed by atoms with E-state index in [1.807, 2.05) is 19.9 Å². The summed E-state index contributed by atoms with van der Waals surface area (Å²) in [7, 11) is -3.37. The Labute approximate surface area is 161 Å². The second-order valence-electron chi connectivity index (χ2n) is 6.66. The van der Waals surface area contributed by atoms with Crippen molar-refractivity contribution in [1.29, 1.82) is 0 Å². The van der Waals surface area contributed by atoms with Gasteiger partial charge < -0.3 is 11.1 Å². The van der Waals surface area contributed by atoms with Crippen molar-refractivity contribution in [2.24, 2.45) is 10.7 Å². The van der Waals surface area contributed by atoms with Gasteiger partial charge in [-0.1, -0.05) is 39.5 Å². The smallest absolute Gasteiger partial charge is 0.252 e. The van der Waals surface area contributed by atoms with Crippen LogP contribution >= 0.6 is 11.3 Å². The van der Waals surface area contributed by atoms with Crippen LogP contribution in [0.2, 0.25) is 0 Å². The molecule has 1 heterocycles. The van der Waals surface area contributed by atoms with Gasteiger partial charge in [-0.25, -0.2) is 8.42 Å². The highest BCUT2D eigenvalue weighted by molar-refractivity contribution is 7.91. The number of nitrogens with zero attached hydrogens (tertiary/aromatic N) is 2. The minimum Gasteiger partial charge on any atom is -0.370 e. The van der Waals surface area contributed by atoms with Crippen LogP contribution in [0, 0.1) is 0 Å². The lowest BCUT2D eigenvalue weighted by molar-refractivity contribution is 0.447. The maximum Gasteiger partial charge on any atom is 0.252 e. The molecule has 0 saturated heterocycles. The topological polar surface area (TPSA) is 87.8 Å². The van der Waals surface area contributed by atoms with Gasteiger partial charge in [0.1, 0.15) is 4.21 Å². The van der Waals surface area contributed by atoms with Crippen molar-refractivity contribution < 1.29 is 8.42 Å². The number of sulfonamides is 1. The molecule has 0 aliphatic heterocycles. The monoisotopic (exact) mass is 400 g/mol. The average molecular weight is 401 g/mol. The van der Waals surface area contributed by atoms with Crippen LogP contribution in [0.1, 0.15) is 57.2 Å². The van der Waals surface area contributed by atoms with Crippen molar-refractivity contribution in [1.82, 2.24) is 9.62 Å². The van der Waals surface area contributed by atoms with Crippen LogP contribution in [0.3, 0.4) is 0 Å². The number of nitrogens with two attached hydrogens (primary N) is 1. The zero-order valence-electron chi connectivity index (χ0n) is 15.9. The molecule has 0 atom stereocenters. The first kappa shape index (κ1) is 21.2. The summed E-state index contributed by atoms with van der Waals surface area (Å²) in [5.74, 6) is 0.504. The van der Waals surface area contributed by atoms with E-state index in [4.69, 9.17) is 5.73 Å². The number of thiophene rings is 1. The van der Waals surface area contributed by atoms with Crippen LogP contribution in [0.15, 0.2) is 21.3 Å². The van der Waals surface area contributed by atoms with Gasteiger partial charge in [-0.3, -0.25) is 4.99 Å². The van der Waals surface area contributed by atoms with Gasteiger partial charge in [0.2, 0.25) is 0 Å².